The van der Waals surface area contributed by atoms with E-state index >= 15 is 0 Å². The molecule has 0 bridgehead atoms. The summed E-state index contributed by atoms with van der Waals surface area (Å²) in [4.78, 5) is 0. The number of rotatable bonds is 6. The van der Waals surface area contributed by atoms with Gasteiger partial charge in [-0.05, 0) is 38.0 Å². The Kier molecular flexibility index (Phi) is 4.98. The highest BCUT2D eigenvalue weighted by molar-refractivity contribution is 5.25. The molecule has 0 radical (unpaired) electrons. The van der Waals surface area contributed by atoms with Gasteiger partial charge in [0.05, 0.1) is 6.54 Å². The maximum atomic E-state index is 14.1. The third-order valence-corrected chi connectivity index (χ3v) is 3.40. The van der Waals surface area contributed by atoms with Crippen LogP contribution in [0.4, 0.5) is 13.2 Å². The Balaban J connectivity index is 2.87. The first-order valence-electron chi connectivity index (χ1n) is 6.30. The first kappa shape index (κ1) is 16.0. The maximum Gasteiger partial charge on any atom is 0.292 e. The molecule has 1 aromatic rings. The summed E-state index contributed by atoms with van der Waals surface area (Å²) < 4.78 is 40.9. The van der Waals surface area contributed by atoms with E-state index < -0.39 is 23.9 Å². The lowest BCUT2D eigenvalue weighted by atomic mass is 9.89. The fourth-order valence-electron chi connectivity index (χ4n) is 1.60. The second-order valence-corrected chi connectivity index (χ2v) is 4.97. The number of hydrogen-bond acceptors (Lipinski definition) is 2. The largest absolute Gasteiger partial charge is 0.379 e. The minimum absolute atomic E-state index is 0.00940. The van der Waals surface area contributed by atoms with Gasteiger partial charge in [-0.1, -0.05) is 19.1 Å². The van der Waals surface area contributed by atoms with Gasteiger partial charge in [0.15, 0.2) is 5.60 Å². The Morgan fingerprint density at radius 2 is 1.79 bits per heavy atom. The number of alkyl halides is 2. The zero-order valence-electron chi connectivity index (χ0n) is 11.4. The molecule has 2 atom stereocenters. The molecule has 0 aromatic heterocycles. The van der Waals surface area contributed by atoms with Gasteiger partial charge in [0, 0.05) is 6.04 Å². The predicted octanol–water partition coefficient (Wildman–Crippen LogP) is 3.06. The van der Waals surface area contributed by atoms with E-state index in [9.17, 15) is 18.3 Å². The van der Waals surface area contributed by atoms with Crippen LogP contribution >= 0.6 is 0 Å². The van der Waals surface area contributed by atoms with Crippen molar-refractivity contribution in [3.63, 3.8) is 0 Å². The standard InChI is InChI=1S/C14H20F3NO/c1-4-10(2)18-9-14(16,17)13(3,19)11-5-7-12(15)8-6-11/h5-8,10,18-19H,4,9H2,1-3H3. The molecule has 0 amide bonds. The van der Waals surface area contributed by atoms with Gasteiger partial charge in [-0.3, -0.25) is 0 Å². The predicted molar refractivity (Wildman–Crippen MR) is 68.7 cm³/mol. The second-order valence-electron chi connectivity index (χ2n) is 4.97. The first-order chi connectivity index (χ1) is 8.70. The lowest BCUT2D eigenvalue weighted by molar-refractivity contribution is -0.175. The van der Waals surface area contributed by atoms with Gasteiger partial charge in [0.1, 0.15) is 5.82 Å². The lowest BCUT2D eigenvalue weighted by Gasteiger charge is -2.34. The molecule has 2 N–H and O–H groups in total. The van der Waals surface area contributed by atoms with Gasteiger partial charge >= 0.3 is 0 Å². The monoisotopic (exact) mass is 275 g/mol. The summed E-state index contributed by atoms with van der Waals surface area (Å²) in [6, 6.07) is 4.40. The van der Waals surface area contributed by atoms with Gasteiger partial charge in [-0.15, -0.1) is 0 Å². The Hall–Kier alpha value is -1.07. The van der Waals surface area contributed by atoms with Gasteiger partial charge < -0.3 is 10.4 Å². The normalized spacial score (nSPS) is 17.0. The minimum atomic E-state index is -3.35. The van der Waals surface area contributed by atoms with E-state index in [4.69, 9.17) is 0 Å². The average molecular weight is 275 g/mol. The van der Waals surface area contributed by atoms with Crippen molar-refractivity contribution in [2.24, 2.45) is 0 Å². The Morgan fingerprint density at radius 1 is 1.26 bits per heavy atom. The van der Waals surface area contributed by atoms with Crippen molar-refractivity contribution < 1.29 is 18.3 Å². The summed E-state index contributed by atoms with van der Waals surface area (Å²) in [7, 11) is 0. The minimum Gasteiger partial charge on any atom is -0.379 e. The highest BCUT2D eigenvalue weighted by Gasteiger charge is 2.49. The number of halogens is 3. The molecular formula is C14H20F3NO. The second kappa shape index (κ2) is 5.92. The van der Waals surface area contributed by atoms with Crippen LogP contribution in [0.2, 0.25) is 0 Å². The quantitative estimate of drug-likeness (QED) is 0.836. The molecule has 2 unspecified atom stereocenters. The third-order valence-electron chi connectivity index (χ3n) is 3.40. The van der Waals surface area contributed by atoms with Crippen LogP contribution in [0.3, 0.4) is 0 Å². The zero-order chi connectivity index (χ0) is 14.7. The zero-order valence-corrected chi connectivity index (χ0v) is 11.4. The molecule has 0 aliphatic heterocycles. The van der Waals surface area contributed by atoms with Crippen LogP contribution in [0.1, 0.15) is 32.8 Å². The van der Waals surface area contributed by atoms with E-state index in [2.05, 4.69) is 5.32 Å². The molecule has 108 valence electrons. The number of nitrogens with one attached hydrogen (secondary N) is 1. The smallest absolute Gasteiger partial charge is 0.292 e. The van der Waals surface area contributed by atoms with Crippen LogP contribution in [0.15, 0.2) is 24.3 Å². The molecule has 0 heterocycles. The van der Waals surface area contributed by atoms with Crippen LogP contribution in [-0.2, 0) is 5.60 Å². The van der Waals surface area contributed by atoms with Crippen molar-refractivity contribution in [2.45, 2.75) is 44.8 Å². The van der Waals surface area contributed by atoms with E-state index in [1.54, 1.807) is 6.92 Å². The van der Waals surface area contributed by atoms with Crippen LogP contribution in [0.25, 0.3) is 0 Å². The summed E-state index contributed by atoms with van der Waals surface area (Å²) in [5.74, 6) is -3.88. The molecule has 0 fully saturated rings. The molecular weight excluding hydrogens is 255 g/mol. The summed E-state index contributed by atoms with van der Waals surface area (Å²) in [5, 5.41) is 12.8. The summed E-state index contributed by atoms with van der Waals surface area (Å²) in [6.45, 7) is 4.08. The average Bonchev–Trinajstić information content (AvgIpc) is 2.36. The molecule has 0 spiro atoms. The summed E-state index contributed by atoms with van der Waals surface area (Å²) in [6.07, 6.45) is 0.717. The van der Waals surface area contributed by atoms with E-state index in [1.165, 1.54) is 12.1 Å². The van der Waals surface area contributed by atoms with E-state index in [0.717, 1.165) is 25.5 Å². The molecule has 1 rings (SSSR count). The Labute approximate surface area is 111 Å². The van der Waals surface area contributed by atoms with Gasteiger partial charge in [-0.2, -0.15) is 0 Å². The fourth-order valence-corrected chi connectivity index (χ4v) is 1.60. The summed E-state index contributed by atoms with van der Waals surface area (Å²) in [5.41, 5.74) is -2.36. The highest BCUT2D eigenvalue weighted by Crippen LogP contribution is 2.37. The van der Waals surface area contributed by atoms with Gasteiger partial charge in [0.25, 0.3) is 5.92 Å². The van der Waals surface area contributed by atoms with E-state index in [-0.39, 0.29) is 11.6 Å². The van der Waals surface area contributed by atoms with Crippen molar-refractivity contribution in [1.29, 1.82) is 0 Å². The fraction of sp³-hybridized carbons (Fsp3) is 0.571. The molecule has 5 heteroatoms. The highest BCUT2D eigenvalue weighted by atomic mass is 19.3. The van der Waals surface area contributed by atoms with Crippen molar-refractivity contribution in [2.75, 3.05) is 6.54 Å². The van der Waals surface area contributed by atoms with Crippen LogP contribution in [0.5, 0.6) is 0 Å². The Bertz CT molecular complexity index is 404. The molecule has 0 saturated carbocycles. The number of hydrogen-bond donors (Lipinski definition) is 2. The third kappa shape index (κ3) is 3.70. The molecule has 19 heavy (non-hydrogen) atoms. The van der Waals surface area contributed by atoms with Crippen LogP contribution in [-0.4, -0.2) is 23.6 Å². The van der Waals surface area contributed by atoms with Crippen molar-refractivity contribution in [3.8, 4) is 0 Å². The lowest BCUT2D eigenvalue weighted by Crippen LogP contribution is -2.51. The first-order valence-corrected chi connectivity index (χ1v) is 6.30. The van der Waals surface area contributed by atoms with Crippen molar-refractivity contribution >= 4 is 0 Å². The van der Waals surface area contributed by atoms with Gasteiger partial charge in [0.2, 0.25) is 0 Å². The maximum absolute atomic E-state index is 14.1. The molecule has 0 saturated heterocycles. The Morgan fingerprint density at radius 3 is 2.26 bits per heavy atom. The molecule has 1 aromatic carbocycles. The molecule has 0 aliphatic carbocycles. The van der Waals surface area contributed by atoms with Gasteiger partial charge in [-0.25, -0.2) is 13.2 Å². The SMILES string of the molecule is CCC(C)NCC(F)(F)C(C)(O)c1ccc(F)cc1. The van der Waals surface area contributed by atoms with Crippen LogP contribution < -0.4 is 5.32 Å². The van der Waals surface area contributed by atoms with Crippen molar-refractivity contribution in [3.05, 3.63) is 35.6 Å². The number of aliphatic hydroxyl groups is 1. The van der Waals surface area contributed by atoms with E-state index in [0.29, 0.717) is 0 Å². The summed E-state index contributed by atoms with van der Waals surface area (Å²) >= 11 is 0. The topological polar surface area (TPSA) is 32.3 Å². The molecule has 0 aliphatic rings. The van der Waals surface area contributed by atoms with Crippen LogP contribution in [0, 0.1) is 5.82 Å². The number of benzene rings is 1. The molecule has 2 nitrogen and oxygen atoms in total. The van der Waals surface area contributed by atoms with Crippen molar-refractivity contribution in [1.82, 2.24) is 5.32 Å². The van der Waals surface area contributed by atoms with E-state index in [1.807, 2.05) is 6.92 Å².